The van der Waals surface area contributed by atoms with Gasteiger partial charge in [0, 0.05) is 28.4 Å². The molecule has 0 fully saturated rings. The molecule has 0 amide bonds. The Labute approximate surface area is 332 Å². The molecule has 1 aliphatic carbocycles. The first-order valence-electron chi connectivity index (χ1n) is 19.9. The lowest BCUT2D eigenvalue weighted by Gasteiger charge is -2.44. The summed E-state index contributed by atoms with van der Waals surface area (Å²) in [5.41, 5.74) is 14.7. The number of rotatable bonds is 8. The Morgan fingerprint density at radius 1 is 0.339 bits per heavy atom. The van der Waals surface area contributed by atoms with Crippen molar-refractivity contribution in [1.29, 1.82) is 0 Å². The molecule has 9 rings (SSSR count). The summed E-state index contributed by atoms with van der Waals surface area (Å²) >= 11 is 0. The van der Waals surface area contributed by atoms with Crippen LogP contribution in [0.2, 0.25) is 0 Å². The first-order valence-corrected chi connectivity index (χ1v) is 19.9. The average Bonchev–Trinajstić information content (AvgIpc) is 3.24. The van der Waals surface area contributed by atoms with Gasteiger partial charge in [-0.25, -0.2) is 0 Å². The third-order valence-electron chi connectivity index (χ3n) is 11.8. The second kappa shape index (κ2) is 14.4. The monoisotopic (exact) mass is 724 g/mol. The summed E-state index contributed by atoms with van der Waals surface area (Å²) in [6, 6.07) is 70.8. The van der Waals surface area contributed by atoms with Crippen molar-refractivity contribution in [1.82, 2.24) is 0 Å². The highest BCUT2D eigenvalue weighted by molar-refractivity contribution is 5.91. The van der Waals surface area contributed by atoms with Gasteiger partial charge in [-0.05, 0) is 135 Å². The maximum atomic E-state index is 2.51. The first-order chi connectivity index (χ1) is 27.2. The minimum absolute atomic E-state index is 0.0304. The zero-order chi connectivity index (χ0) is 38.3. The van der Waals surface area contributed by atoms with Crippen LogP contribution in [0, 0.1) is 0 Å². The van der Waals surface area contributed by atoms with Crippen LogP contribution >= 0.6 is 0 Å². The Kier molecular flexibility index (Phi) is 9.06. The number of para-hydroxylation sites is 1. The fraction of sp³-hybridized carbons (Fsp3) is 0.148. The molecule has 274 valence electrons. The van der Waals surface area contributed by atoms with Crippen LogP contribution in [0.4, 0.5) is 34.1 Å². The summed E-state index contributed by atoms with van der Waals surface area (Å²) in [5, 5.41) is 2.48. The Balaban J connectivity index is 1.17. The second-order valence-electron chi connectivity index (χ2n) is 16.5. The van der Waals surface area contributed by atoms with E-state index in [1.807, 2.05) is 0 Å². The van der Waals surface area contributed by atoms with Crippen LogP contribution in [0.3, 0.4) is 0 Å². The lowest BCUT2D eigenvalue weighted by Crippen LogP contribution is -2.35. The summed E-state index contributed by atoms with van der Waals surface area (Å²) in [6.07, 6.45) is 2.32. The molecule has 8 aromatic rings. The van der Waals surface area contributed by atoms with E-state index >= 15 is 0 Å². The quantitative estimate of drug-likeness (QED) is 0.154. The van der Waals surface area contributed by atoms with Crippen molar-refractivity contribution in [2.24, 2.45) is 0 Å². The predicted octanol–water partition coefficient (Wildman–Crippen LogP) is 15.5. The minimum atomic E-state index is 0.0304. The van der Waals surface area contributed by atoms with Gasteiger partial charge in [0.15, 0.2) is 0 Å². The number of fused-ring (bicyclic) bond motifs is 2. The molecular formula is C54H48N2. The van der Waals surface area contributed by atoms with Gasteiger partial charge < -0.3 is 9.80 Å². The minimum Gasteiger partial charge on any atom is -0.310 e. The Morgan fingerprint density at radius 3 is 1.52 bits per heavy atom. The van der Waals surface area contributed by atoms with E-state index in [9.17, 15) is 0 Å². The van der Waals surface area contributed by atoms with Gasteiger partial charge in [-0.1, -0.05) is 155 Å². The Morgan fingerprint density at radius 2 is 0.821 bits per heavy atom. The lowest BCUT2D eigenvalue weighted by molar-refractivity contribution is 0.332. The van der Waals surface area contributed by atoms with Crippen molar-refractivity contribution in [2.75, 3.05) is 9.80 Å². The fourth-order valence-electron chi connectivity index (χ4n) is 8.74. The topological polar surface area (TPSA) is 6.48 Å². The van der Waals surface area contributed by atoms with Crippen molar-refractivity contribution in [3.8, 4) is 22.3 Å². The molecule has 0 unspecified atom stereocenters. The lowest BCUT2D eigenvalue weighted by atomic mass is 9.62. The van der Waals surface area contributed by atoms with E-state index in [2.05, 4.69) is 232 Å². The van der Waals surface area contributed by atoms with Gasteiger partial charge in [-0.3, -0.25) is 0 Å². The van der Waals surface area contributed by atoms with E-state index in [4.69, 9.17) is 0 Å². The molecule has 0 atom stereocenters. The summed E-state index contributed by atoms with van der Waals surface area (Å²) < 4.78 is 0. The highest BCUT2D eigenvalue weighted by Crippen LogP contribution is 2.52. The highest BCUT2D eigenvalue weighted by Gasteiger charge is 2.39. The fourth-order valence-corrected chi connectivity index (χ4v) is 8.74. The molecule has 2 heteroatoms. The Hall–Kier alpha value is -6.38. The normalized spacial score (nSPS) is 14.2. The maximum absolute atomic E-state index is 2.51. The zero-order valence-electron chi connectivity index (χ0n) is 32.8. The van der Waals surface area contributed by atoms with Crippen LogP contribution in [-0.2, 0) is 10.8 Å². The summed E-state index contributed by atoms with van der Waals surface area (Å²) in [6.45, 7) is 9.68. The third-order valence-corrected chi connectivity index (χ3v) is 11.8. The number of anilines is 6. The van der Waals surface area contributed by atoms with Crippen molar-refractivity contribution >= 4 is 44.9 Å². The molecule has 0 N–H and O–H groups in total. The van der Waals surface area contributed by atoms with E-state index in [-0.39, 0.29) is 10.8 Å². The predicted molar refractivity (Wildman–Crippen MR) is 239 cm³/mol. The summed E-state index contributed by atoms with van der Waals surface area (Å²) in [4.78, 5) is 4.86. The van der Waals surface area contributed by atoms with Crippen molar-refractivity contribution in [3.63, 3.8) is 0 Å². The maximum Gasteiger partial charge on any atom is 0.0502 e. The molecule has 2 nitrogen and oxygen atoms in total. The molecule has 56 heavy (non-hydrogen) atoms. The molecular weight excluding hydrogens is 677 g/mol. The van der Waals surface area contributed by atoms with E-state index in [1.165, 1.54) is 56.3 Å². The Bertz CT molecular complexity index is 2640. The summed E-state index contributed by atoms with van der Waals surface area (Å²) in [5.74, 6) is 0. The zero-order valence-corrected chi connectivity index (χ0v) is 32.8. The van der Waals surface area contributed by atoms with Gasteiger partial charge in [-0.15, -0.1) is 0 Å². The summed E-state index contributed by atoms with van der Waals surface area (Å²) in [7, 11) is 0. The molecule has 0 spiro atoms. The van der Waals surface area contributed by atoms with Crippen LogP contribution in [0.15, 0.2) is 194 Å². The molecule has 0 bridgehead atoms. The standard InChI is InChI=1S/C54H48N2/c1-53(2)34-35-54(3,4)52-50(53)26-15-27-51(52)56(49-33-30-40-18-11-12-19-42(40)36-49)48-25-14-21-44(38-48)43-20-13-24-47(37-43)55(45-22-9-6-10-23-45)46-31-28-41(29-32-46)39-16-7-5-8-17-39/h5-33,36-38H,34-35H2,1-4H3. The van der Waals surface area contributed by atoms with Crippen molar-refractivity contribution in [3.05, 3.63) is 205 Å². The van der Waals surface area contributed by atoms with Crippen molar-refractivity contribution in [2.45, 2.75) is 51.4 Å². The SMILES string of the molecule is CC1(C)CCC(C)(C)c2c(N(c3cccc(-c4cccc(N(c5ccccc5)c5ccc(-c6ccccc6)cc5)c4)c3)c3ccc4ccccc4c3)cccc21. The van der Waals surface area contributed by atoms with Crippen LogP contribution in [-0.4, -0.2) is 0 Å². The first kappa shape index (κ1) is 35.3. The molecule has 0 radical (unpaired) electrons. The molecule has 0 saturated carbocycles. The number of hydrogen-bond acceptors (Lipinski definition) is 2. The van der Waals surface area contributed by atoms with Crippen LogP contribution in [0.1, 0.15) is 51.7 Å². The van der Waals surface area contributed by atoms with E-state index in [1.54, 1.807) is 0 Å². The molecule has 0 heterocycles. The van der Waals surface area contributed by atoms with Gasteiger partial charge in [0.1, 0.15) is 0 Å². The number of hydrogen-bond donors (Lipinski definition) is 0. The molecule has 0 aromatic heterocycles. The number of benzene rings is 8. The van der Waals surface area contributed by atoms with Gasteiger partial charge in [-0.2, -0.15) is 0 Å². The van der Waals surface area contributed by atoms with E-state index < -0.39 is 0 Å². The third kappa shape index (κ3) is 6.66. The average molecular weight is 725 g/mol. The van der Waals surface area contributed by atoms with E-state index in [0.29, 0.717) is 0 Å². The number of nitrogens with zero attached hydrogens (tertiary/aromatic N) is 2. The van der Waals surface area contributed by atoms with Gasteiger partial charge in [0.05, 0.1) is 5.69 Å². The van der Waals surface area contributed by atoms with Crippen LogP contribution in [0.5, 0.6) is 0 Å². The largest absolute Gasteiger partial charge is 0.310 e. The smallest absolute Gasteiger partial charge is 0.0502 e. The molecule has 0 aliphatic heterocycles. The van der Waals surface area contributed by atoms with Gasteiger partial charge in [0.2, 0.25) is 0 Å². The molecule has 0 saturated heterocycles. The van der Waals surface area contributed by atoms with E-state index in [0.717, 1.165) is 34.9 Å². The second-order valence-corrected chi connectivity index (χ2v) is 16.5. The molecule has 1 aliphatic rings. The highest BCUT2D eigenvalue weighted by atomic mass is 15.2. The van der Waals surface area contributed by atoms with Crippen molar-refractivity contribution < 1.29 is 0 Å². The van der Waals surface area contributed by atoms with Crippen LogP contribution < -0.4 is 9.80 Å². The van der Waals surface area contributed by atoms with Gasteiger partial charge >= 0.3 is 0 Å². The van der Waals surface area contributed by atoms with Crippen LogP contribution in [0.25, 0.3) is 33.0 Å². The molecule has 8 aromatic carbocycles. The van der Waals surface area contributed by atoms with Gasteiger partial charge in [0.25, 0.3) is 0 Å².